The Kier molecular flexibility index (Phi) is 7.25. The van der Waals surface area contributed by atoms with Gasteiger partial charge in [-0.05, 0) is 25.0 Å². The van der Waals surface area contributed by atoms with E-state index in [2.05, 4.69) is 31.1 Å². The van der Waals surface area contributed by atoms with Crippen LogP contribution in [-0.4, -0.2) is 25.7 Å². The molecule has 0 fully saturated rings. The van der Waals surface area contributed by atoms with Gasteiger partial charge < -0.3 is 20.5 Å². The average Bonchev–Trinajstić information content (AvgIpc) is 2.80. The van der Waals surface area contributed by atoms with E-state index in [0.29, 0.717) is 18.4 Å². The minimum Gasteiger partial charge on any atom is -0.496 e. The zero-order chi connectivity index (χ0) is 15.4. The van der Waals surface area contributed by atoms with E-state index in [1.54, 1.807) is 7.11 Å². The summed E-state index contributed by atoms with van der Waals surface area (Å²) < 4.78 is 11.2. The highest BCUT2D eigenvalue weighted by Crippen LogP contribution is 2.35. The maximum absolute atomic E-state index is 5.86. The Labute approximate surface area is 149 Å². The summed E-state index contributed by atoms with van der Waals surface area (Å²) in [7, 11) is 1.68. The molecule has 0 aliphatic carbocycles. The van der Waals surface area contributed by atoms with Gasteiger partial charge >= 0.3 is 0 Å². The quantitative estimate of drug-likeness (QED) is 0.438. The molecule has 0 aromatic heterocycles. The molecule has 1 unspecified atom stereocenters. The lowest BCUT2D eigenvalue weighted by atomic mass is 10.1. The molecule has 0 spiro atoms. The van der Waals surface area contributed by atoms with E-state index in [4.69, 9.17) is 15.2 Å². The van der Waals surface area contributed by atoms with Gasteiger partial charge in [0.1, 0.15) is 17.6 Å². The zero-order valence-electron chi connectivity index (χ0n) is 13.7. The van der Waals surface area contributed by atoms with Crippen LogP contribution >= 0.6 is 24.0 Å². The fourth-order valence-corrected chi connectivity index (χ4v) is 2.33. The van der Waals surface area contributed by atoms with Crippen molar-refractivity contribution in [1.29, 1.82) is 0 Å². The first-order chi connectivity index (χ1) is 9.99. The Morgan fingerprint density at radius 1 is 1.50 bits per heavy atom. The zero-order valence-corrected chi connectivity index (χ0v) is 16.0. The molecule has 1 aliphatic rings. The van der Waals surface area contributed by atoms with E-state index >= 15 is 0 Å². The average molecular weight is 419 g/mol. The van der Waals surface area contributed by atoms with Crippen LogP contribution in [-0.2, 0) is 13.0 Å². The number of nitrogens with one attached hydrogen (secondary N) is 1. The van der Waals surface area contributed by atoms with Crippen molar-refractivity contribution >= 4 is 29.9 Å². The highest BCUT2D eigenvalue weighted by Gasteiger charge is 2.21. The summed E-state index contributed by atoms with van der Waals surface area (Å²) in [6.07, 6.45) is 1.15. The summed E-state index contributed by atoms with van der Waals surface area (Å²) in [5.41, 5.74) is 8.04. The molecule has 2 rings (SSSR count). The van der Waals surface area contributed by atoms with Crippen molar-refractivity contribution in [1.82, 2.24) is 5.32 Å². The monoisotopic (exact) mass is 419 g/mol. The van der Waals surface area contributed by atoms with Gasteiger partial charge in [-0.2, -0.15) is 0 Å². The molecule has 1 aliphatic heterocycles. The molecule has 1 aromatic carbocycles. The number of hydrogen-bond acceptors (Lipinski definition) is 3. The number of fused-ring (bicyclic) bond motifs is 1. The standard InChI is InChI=1S/C16H25N3O2.HI/c1-10(2)8-18-16(17)19-9-13-7-15-12(5-11(3)21-15)6-14(13)20-4;/h6-7,10-11H,5,8-9H2,1-4H3,(H3,17,18,19);1H. The third-order valence-corrected chi connectivity index (χ3v) is 3.41. The number of aliphatic imine (C=N–C) groups is 1. The minimum atomic E-state index is 0. The molecule has 0 radical (unpaired) electrons. The van der Waals surface area contributed by atoms with E-state index in [1.807, 2.05) is 12.1 Å². The van der Waals surface area contributed by atoms with Crippen LogP contribution in [0.5, 0.6) is 11.5 Å². The Hall–Kier alpha value is -1.18. The molecule has 5 nitrogen and oxygen atoms in total. The fraction of sp³-hybridized carbons (Fsp3) is 0.562. The first-order valence-electron chi connectivity index (χ1n) is 7.39. The number of guanidine groups is 1. The second-order valence-electron chi connectivity index (χ2n) is 5.88. The van der Waals surface area contributed by atoms with Crippen LogP contribution in [0.15, 0.2) is 17.1 Å². The number of halogens is 1. The normalized spacial score (nSPS) is 16.8. The second-order valence-corrected chi connectivity index (χ2v) is 5.88. The van der Waals surface area contributed by atoms with Crippen LogP contribution in [0.3, 0.4) is 0 Å². The van der Waals surface area contributed by atoms with Crippen molar-refractivity contribution in [2.45, 2.75) is 39.8 Å². The summed E-state index contributed by atoms with van der Waals surface area (Å²) in [6.45, 7) is 7.62. The van der Waals surface area contributed by atoms with Crippen molar-refractivity contribution in [3.8, 4) is 11.5 Å². The molecule has 0 saturated carbocycles. The number of methoxy groups -OCH3 is 1. The van der Waals surface area contributed by atoms with Gasteiger partial charge in [0.25, 0.3) is 0 Å². The van der Waals surface area contributed by atoms with Gasteiger partial charge in [-0.3, -0.25) is 0 Å². The lowest BCUT2D eigenvalue weighted by Crippen LogP contribution is -2.34. The largest absolute Gasteiger partial charge is 0.496 e. The number of nitrogens with two attached hydrogens (primary N) is 1. The molecule has 0 bridgehead atoms. The van der Waals surface area contributed by atoms with Gasteiger partial charge in [-0.15, -0.1) is 24.0 Å². The highest BCUT2D eigenvalue weighted by molar-refractivity contribution is 14.0. The predicted octanol–water partition coefficient (Wildman–Crippen LogP) is 2.70. The first-order valence-corrected chi connectivity index (χ1v) is 7.39. The molecular formula is C16H26IN3O2. The molecule has 124 valence electrons. The molecule has 1 atom stereocenters. The van der Waals surface area contributed by atoms with Gasteiger partial charge in [-0.25, -0.2) is 4.99 Å². The van der Waals surface area contributed by atoms with E-state index in [0.717, 1.165) is 30.0 Å². The Bertz CT molecular complexity index is 532. The van der Waals surface area contributed by atoms with Crippen LogP contribution in [0.1, 0.15) is 31.9 Å². The van der Waals surface area contributed by atoms with Crippen LogP contribution in [0.25, 0.3) is 0 Å². The second kappa shape index (κ2) is 8.45. The lowest BCUT2D eigenvalue weighted by Gasteiger charge is -2.11. The Morgan fingerprint density at radius 2 is 2.23 bits per heavy atom. The molecule has 0 amide bonds. The molecule has 1 heterocycles. The van der Waals surface area contributed by atoms with Gasteiger partial charge in [0.15, 0.2) is 5.96 Å². The molecule has 0 saturated heterocycles. The van der Waals surface area contributed by atoms with Crippen LogP contribution < -0.4 is 20.5 Å². The van der Waals surface area contributed by atoms with Crippen LogP contribution in [0.2, 0.25) is 0 Å². The maximum Gasteiger partial charge on any atom is 0.188 e. The number of hydrogen-bond donors (Lipinski definition) is 2. The highest BCUT2D eigenvalue weighted by atomic mass is 127. The summed E-state index contributed by atoms with van der Waals surface area (Å²) >= 11 is 0. The smallest absolute Gasteiger partial charge is 0.188 e. The van der Waals surface area contributed by atoms with Gasteiger partial charge in [0.05, 0.1) is 13.7 Å². The minimum absolute atomic E-state index is 0. The van der Waals surface area contributed by atoms with Crippen molar-refractivity contribution in [3.05, 3.63) is 23.3 Å². The van der Waals surface area contributed by atoms with Gasteiger partial charge in [0, 0.05) is 24.1 Å². The van der Waals surface area contributed by atoms with Crippen molar-refractivity contribution in [3.63, 3.8) is 0 Å². The molecule has 3 N–H and O–H groups in total. The van der Waals surface area contributed by atoms with Crippen LogP contribution in [0, 0.1) is 5.92 Å². The maximum atomic E-state index is 5.86. The first kappa shape index (κ1) is 18.9. The van der Waals surface area contributed by atoms with E-state index in [1.165, 1.54) is 5.56 Å². The van der Waals surface area contributed by atoms with Gasteiger partial charge in [-0.1, -0.05) is 13.8 Å². The third kappa shape index (κ3) is 4.93. The number of ether oxygens (including phenoxy) is 2. The number of benzene rings is 1. The van der Waals surface area contributed by atoms with E-state index in [9.17, 15) is 0 Å². The van der Waals surface area contributed by atoms with E-state index < -0.39 is 0 Å². The lowest BCUT2D eigenvalue weighted by molar-refractivity contribution is 0.254. The summed E-state index contributed by atoms with van der Waals surface area (Å²) in [5.74, 6) is 2.76. The summed E-state index contributed by atoms with van der Waals surface area (Å²) in [6, 6.07) is 4.05. The molecule has 22 heavy (non-hydrogen) atoms. The van der Waals surface area contributed by atoms with Gasteiger partial charge in [0.2, 0.25) is 0 Å². The fourth-order valence-electron chi connectivity index (χ4n) is 2.33. The molecule has 6 heteroatoms. The third-order valence-electron chi connectivity index (χ3n) is 3.41. The predicted molar refractivity (Wildman–Crippen MR) is 100 cm³/mol. The Balaban J connectivity index is 0.00000242. The molecular weight excluding hydrogens is 393 g/mol. The number of rotatable bonds is 5. The SMILES string of the molecule is COc1cc2c(cc1CN=C(N)NCC(C)C)OC(C)C2.I. The van der Waals surface area contributed by atoms with Crippen molar-refractivity contribution in [2.75, 3.05) is 13.7 Å². The molecule has 1 aromatic rings. The topological polar surface area (TPSA) is 68.9 Å². The summed E-state index contributed by atoms with van der Waals surface area (Å²) in [4.78, 5) is 4.37. The van der Waals surface area contributed by atoms with E-state index in [-0.39, 0.29) is 30.1 Å². The van der Waals surface area contributed by atoms with Crippen molar-refractivity contribution in [2.24, 2.45) is 16.6 Å². The summed E-state index contributed by atoms with van der Waals surface area (Å²) in [5, 5.41) is 3.10. The van der Waals surface area contributed by atoms with Crippen LogP contribution in [0.4, 0.5) is 0 Å². The number of nitrogens with zero attached hydrogens (tertiary/aromatic N) is 1. The van der Waals surface area contributed by atoms with Crippen molar-refractivity contribution < 1.29 is 9.47 Å². The Morgan fingerprint density at radius 3 is 2.86 bits per heavy atom.